The molecule has 0 saturated heterocycles. The minimum absolute atomic E-state index is 0.143. The first-order valence-corrected chi connectivity index (χ1v) is 13.3. The van der Waals surface area contributed by atoms with E-state index in [0.29, 0.717) is 48.9 Å². The number of hydrogen-bond acceptors (Lipinski definition) is 3. The molecule has 3 nitrogen and oxygen atoms in total. The lowest BCUT2D eigenvalue weighted by Gasteiger charge is -2.56. The van der Waals surface area contributed by atoms with Crippen LogP contribution < -0.4 is 0 Å². The van der Waals surface area contributed by atoms with E-state index in [1.54, 1.807) is 0 Å². The molecule has 7 atom stereocenters. The Morgan fingerprint density at radius 2 is 1.81 bits per heavy atom. The van der Waals surface area contributed by atoms with Crippen molar-refractivity contribution in [2.75, 3.05) is 6.61 Å². The Morgan fingerprint density at radius 3 is 2.48 bits per heavy atom. The lowest BCUT2D eigenvalue weighted by atomic mass is 9.48. The van der Waals surface area contributed by atoms with E-state index in [0.717, 1.165) is 36.5 Å². The molecular weight excluding hydrogens is 384 g/mol. The standard InChI is InChI=1S/C28H48O3/c1-7-31-26(30)16-18-28(6)24-15-17-27(5)22(20(4)10-8-9-19(2)3)12-13-23(27)21(24)11-14-25(28)29/h19-24H,7-18H2,1-6H3/t20-,21+,22-,23+,24+,27-,28-/m1/s1. The van der Waals surface area contributed by atoms with Gasteiger partial charge in [0.15, 0.2) is 0 Å². The number of esters is 1. The van der Waals surface area contributed by atoms with E-state index < -0.39 is 0 Å². The Morgan fingerprint density at radius 1 is 1.06 bits per heavy atom. The van der Waals surface area contributed by atoms with Gasteiger partial charge in [0.2, 0.25) is 0 Å². The van der Waals surface area contributed by atoms with Crippen LogP contribution in [-0.2, 0) is 14.3 Å². The molecule has 3 saturated carbocycles. The molecule has 3 fully saturated rings. The highest BCUT2D eigenvalue weighted by molar-refractivity contribution is 5.86. The minimum Gasteiger partial charge on any atom is -0.466 e. The van der Waals surface area contributed by atoms with Crippen molar-refractivity contribution >= 4 is 11.8 Å². The van der Waals surface area contributed by atoms with Crippen molar-refractivity contribution in [3.8, 4) is 0 Å². The van der Waals surface area contributed by atoms with Crippen LogP contribution in [0.2, 0.25) is 0 Å². The third-order valence-electron chi connectivity index (χ3n) is 9.95. The number of carbonyl (C=O) groups excluding carboxylic acids is 2. The summed E-state index contributed by atoms with van der Waals surface area (Å²) in [5.74, 6) is 4.60. The summed E-state index contributed by atoms with van der Waals surface area (Å²) in [7, 11) is 0. The number of ether oxygens (including phenoxy) is 1. The summed E-state index contributed by atoms with van der Waals surface area (Å²) in [6, 6.07) is 0. The monoisotopic (exact) mass is 432 g/mol. The second-order valence-corrected chi connectivity index (χ2v) is 12.1. The third-order valence-corrected chi connectivity index (χ3v) is 9.95. The summed E-state index contributed by atoms with van der Waals surface area (Å²) in [5.41, 5.74) is 0.110. The predicted molar refractivity (Wildman–Crippen MR) is 127 cm³/mol. The molecule has 3 aliphatic rings. The zero-order valence-electron chi connectivity index (χ0n) is 21.2. The second-order valence-electron chi connectivity index (χ2n) is 12.1. The van der Waals surface area contributed by atoms with Crippen molar-refractivity contribution < 1.29 is 14.3 Å². The molecule has 0 radical (unpaired) electrons. The summed E-state index contributed by atoms with van der Waals surface area (Å²) in [4.78, 5) is 25.1. The highest BCUT2D eigenvalue weighted by Crippen LogP contribution is 2.65. The van der Waals surface area contributed by atoms with Gasteiger partial charge < -0.3 is 4.74 Å². The molecule has 0 spiro atoms. The molecule has 3 heteroatoms. The SMILES string of the molecule is CCOC(=O)CC[C@@]1(C)C(=O)CC[C@H]2[C@@H]3CC[C@H]([C@H](C)CCCC(C)C)[C@@]3(C)CC[C@@H]21. The summed E-state index contributed by atoms with van der Waals surface area (Å²) < 4.78 is 5.17. The van der Waals surface area contributed by atoms with Gasteiger partial charge in [0.1, 0.15) is 5.78 Å². The molecule has 0 unspecified atom stereocenters. The summed E-state index contributed by atoms with van der Waals surface area (Å²) in [6.45, 7) is 14.2. The van der Waals surface area contributed by atoms with Gasteiger partial charge >= 0.3 is 5.97 Å². The highest BCUT2D eigenvalue weighted by atomic mass is 16.5. The van der Waals surface area contributed by atoms with E-state index in [1.165, 1.54) is 38.5 Å². The molecule has 3 rings (SSSR count). The molecule has 0 heterocycles. The normalized spacial score (nSPS) is 38.6. The largest absolute Gasteiger partial charge is 0.466 e. The lowest BCUT2D eigenvalue weighted by Crippen LogP contribution is -2.52. The fraction of sp³-hybridized carbons (Fsp3) is 0.929. The van der Waals surface area contributed by atoms with Gasteiger partial charge in [-0.05, 0) is 86.4 Å². The Labute approximate surface area is 191 Å². The molecule has 0 aromatic carbocycles. The van der Waals surface area contributed by atoms with Crippen molar-refractivity contribution in [1.29, 1.82) is 0 Å². The maximum Gasteiger partial charge on any atom is 0.305 e. The maximum absolute atomic E-state index is 13.1. The Bertz CT molecular complexity index is 640. The van der Waals surface area contributed by atoms with Crippen LogP contribution in [0.3, 0.4) is 0 Å². The zero-order valence-corrected chi connectivity index (χ0v) is 21.2. The van der Waals surface area contributed by atoms with Crippen LogP contribution in [0.4, 0.5) is 0 Å². The van der Waals surface area contributed by atoms with Crippen LogP contribution >= 0.6 is 0 Å². The number of fused-ring (bicyclic) bond motifs is 3. The van der Waals surface area contributed by atoms with Crippen LogP contribution in [0.1, 0.15) is 112 Å². The summed E-state index contributed by atoms with van der Waals surface area (Å²) >= 11 is 0. The summed E-state index contributed by atoms with van der Waals surface area (Å²) in [5, 5.41) is 0. The van der Waals surface area contributed by atoms with Crippen molar-refractivity contribution in [2.45, 2.75) is 112 Å². The minimum atomic E-state index is -0.335. The van der Waals surface area contributed by atoms with E-state index in [1.807, 2.05) is 6.92 Å². The Hall–Kier alpha value is -0.860. The number of ketones is 1. The first-order chi connectivity index (χ1) is 14.6. The van der Waals surface area contributed by atoms with Gasteiger partial charge in [0.25, 0.3) is 0 Å². The van der Waals surface area contributed by atoms with E-state index in [2.05, 4.69) is 34.6 Å². The first kappa shape index (κ1) is 24.8. The molecule has 0 aliphatic heterocycles. The lowest BCUT2D eigenvalue weighted by molar-refractivity contribution is -0.150. The topological polar surface area (TPSA) is 43.4 Å². The van der Waals surface area contributed by atoms with E-state index in [-0.39, 0.29) is 11.4 Å². The van der Waals surface area contributed by atoms with Crippen molar-refractivity contribution in [3.05, 3.63) is 0 Å². The molecule has 0 amide bonds. The predicted octanol–water partition coefficient (Wildman–Crippen LogP) is 7.22. The highest BCUT2D eigenvalue weighted by Gasteiger charge is 2.59. The van der Waals surface area contributed by atoms with Crippen LogP contribution in [0.15, 0.2) is 0 Å². The van der Waals surface area contributed by atoms with E-state index in [4.69, 9.17) is 4.74 Å². The van der Waals surface area contributed by atoms with E-state index >= 15 is 0 Å². The van der Waals surface area contributed by atoms with Gasteiger partial charge in [-0.3, -0.25) is 9.59 Å². The molecule has 0 aromatic heterocycles. The van der Waals surface area contributed by atoms with E-state index in [9.17, 15) is 9.59 Å². The number of hydrogen-bond donors (Lipinski definition) is 0. The van der Waals surface area contributed by atoms with Crippen LogP contribution in [0.5, 0.6) is 0 Å². The summed E-state index contributed by atoms with van der Waals surface area (Å²) in [6.07, 6.45) is 12.1. The average molecular weight is 433 g/mol. The molecular formula is C28H48O3. The van der Waals surface area contributed by atoms with Crippen LogP contribution in [0.25, 0.3) is 0 Å². The van der Waals surface area contributed by atoms with Crippen molar-refractivity contribution in [2.24, 2.45) is 46.3 Å². The molecule has 0 bridgehead atoms. The number of carbonyl (C=O) groups is 2. The van der Waals surface area contributed by atoms with Gasteiger partial charge in [-0.1, -0.05) is 53.9 Å². The quantitative estimate of drug-likeness (QED) is 0.361. The molecule has 31 heavy (non-hydrogen) atoms. The van der Waals surface area contributed by atoms with Gasteiger partial charge in [0.05, 0.1) is 6.61 Å². The van der Waals surface area contributed by atoms with Gasteiger partial charge in [-0.2, -0.15) is 0 Å². The van der Waals surface area contributed by atoms with Gasteiger partial charge in [-0.15, -0.1) is 0 Å². The molecule has 0 N–H and O–H groups in total. The molecule has 0 aromatic rings. The van der Waals surface area contributed by atoms with Gasteiger partial charge in [0, 0.05) is 18.3 Å². The third kappa shape index (κ3) is 4.91. The smallest absolute Gasteiger partial charge is 0.305 e. The van der Waals surface area contributed by atoms with Crippen LogP contribution in [-0.4, -0.2) is 18.4 Å². The Balaban J connectivity index is 1.70. The first-order valence-electron chi connectivity index (χ1n) is 13.3. The molecule has 3 aliphatic carbocycles. The zero-order chi connectivity index (χ0) is 22.8. The maximum atomic E-state index is 13.1. The average Bonchev–Trinajstić information content (AvgIpc) is 3.06. The number of Topliss-reactive ketones (excluding diaryl/α,β-unsaturated/α-hetero) is 1. The Kier molecular flexibility index (Phi) is 7.96. The van der Waals surface area contributed by atoms with Crippen molar-refractivity contribution in [1.82, 2.24) is 0 Å². The fourth-order valence-corrected chi connectivity index (χ4v) is 8.22. The van der Waals surface area contributed by atoms with Gasteiger partial charge in [-0.25, -0.2) is 0 Å². The molecule has 178 valence electrons. The number of rotatable bonds is 9. The van der Waals surface area contributed by atoms with Crippen LogP contribution in [0, 0.1) is 46.3 Å². The second kappa shape index (κ2) is 9.96. The fourth-order valence-electron chi connectivity index (χ4n) is 8.22. The van der Waals surface area contributed by atoms with Crippen molar-refractivity contribution in [3.63, 3.8) is 0 Å².